The van der Waals surface area contributed by atoms with Gasteiger partial charge in [-0.2, -0.15) is 5.26 Å². The number of piperazine rings is 1. The molecule has 14 nitrogen and oxygen atoms in total. The first-order valence-electron chi connectivity index (χ1n) is 26.0. The topological polar surface area (TPSA) is 170 Å². The van der Waals surface area contributed by atoms with Gasteiger partial charge in [0.25, 0.3) is 0 Å². The number of amides is 5. The summed E-state index contributed by atoms with van der Waals surface area (Å²) in [6.45, 7) is 8.07. The number of hydrogen-bond acceptors (Lipinski definition) is 8. The molecule has 0 radical (unpaired) electrons. The molecule has 1 unspecified atom stereocenters. The number of imidazole rings is 1. The van der Waals surface area contributed by atoms with Gasteiger partial charge in [-0.25, -0.2) is 14.6 Å². The summed E-state index contributed by atoms with van der Waals surface area (Å²) in [6, 6.07) is 24.9. The fourth-order valence-corrected chi connectivity index (χ4v) is 13.4. The number of carbonyl (C=O) groups is 3. The number of nitrogens with zero attached hydrogens (tertiary/aromatic N) is 9. The highest BCUT2D eigenvalue weighted by Gasteiger charge is 2.38. The Morgan fingerprint density at radius 3 is 2.24 bits per heavy atom. The maximum Gasteiger partial charge on any atom is 0.321 e. The Kier molecular flexibility index (Phi) is 16.6. The molecule has 3 aromatic carbocycles. The fraction of sp³-hybridized carbons (Fsp3) is 0.362. The number of likely N-dealkylation sites (tertiary alicyclic amines) is 2. The average Bonchev–Trinajstić information content (AvgIpc) is 3.72. The molecule has 0 saturated carbocycles. The molecule has 3 aromatic heterocycles. The lowest BCUT2D eigenvalue weighted by atomic mass is 9.76. The van der Waals surface area contributed by atoms with E-state index in [0.717, 1.165) is 105 Å². The Labute approximate surface area is 470 Å². The van der Waals surface area contributed by atoms with Crippen LogP contribution in [0.3, 0.4) is 0 Å². The molecule has 2 atom stereocenters. The zero-order chi connectivity index (χ0) is 53.0. The third kappa shape index (κ3) is 11.9. The predicted molar refractivity (Wildman–Crippen MR) is 304 cm³/mol. The van der Waals surface area contributed by atoms with Crippen LogP contribution in [-0.2, 0) is 24.2 Å². The molecule has 18 heteroatoms. The van der Waals surface area contributed by atoms with Gasteiger partial charge in [0.05, 0.1) is 29.1 Å². The van der Waals surface area contributed by atoms with Crippen LogP contribution < -0.4 is 11.1 Å². The highest BCUT2D eigenvalue weighted by molar-refractivity contribution is 9.10. The number of urea groups is 2. The maximum atomic E-state index is 13.1. The molecule has 11 rings (SSSR count). The highest BCUT2D eigenvalue weighted by Crippen LogP contribution is 2.47. The third-order valence-corrected chi connectivity index (χ3v) is 17.3. The van der Waals surface area contributed by atoms with Gasteiger partial charge >= 0.3 is 12.1 Å². The largest absolute Gasteiger partial charge is 0.351 e. The number of anilines is 1. The van der Waals surface area contributed by atoms with E-state index in [1.807, 2.05) is 59.7 Å². The number of benzene rings is 3. The zero-order valence-electron chi connectivity index (χ0n) is 42.3. The fourth-order valence-electron chi connectivity index (χ4n) is 11.8. The van der Waals surface area contributed by atoms with Crippen LogP contribution in [0.5, 0.6) is 0 Å². The van der Waals surface area contributed by atoms with Crippen molar-refractivity contribution in [3.63, 3.8) is 0 Å². The molecular formula is C58H59Br2Cl2N11O3. The van der Waals surface area contributed by atoms with Crippen LogP contribution in [0.15, 0.2) is 107 Å². The molecule has 6 aromatic rings. The molecule has 76 heavy (non-hydrogen) atoms. The standard InChI is InChI=1S/C31H28ClN7O.C27H31Br2ClN4O2/c1-21-34-11-12-39(21)20-24-17-23-3-2-10-35-29(23)30(27-9-6-25(32)18-28(24)27)37-13-15-38(16-14-37)31(40)36-26-7-4-22(19-33)5-8-26;28-20-12-19-2-1-18-13-21(30)14-22(29)24(18)25(26(19)32-15-20)17-5-9-33(10-6-17)23(35)11-16-3-7-34(8-4-16)27(31)36/h2-12,17-18,30H,13-16,20H2,1H3,(H,36,40);12-17,25H,1-11H2,(H2,31,36)/t30-;/m0./s1. The Balaban J connectivity index is 0.000000174. The Hall–Kier alpha value is -6.09. The number of nitrogens with two attached hydrogens (primary N) is 1. The summed E-state index contributed by atoms with van der Waals surface area (Å²) in [5, 5.41) is 13.4. The van der Waals surface area contributed by atoms with E-state index >= 15 is 0 Å². The molecule has 0 bridgehead atoms. The lowest BCUT2D eigenvalue weighted by Gasteiger charge is -2.39. The summed E-state index contributed by atoms with van der Waals surface area (Å²) in [7, 11) is 0. The van der Waals surface area contributed by atoms with Crippen molar-refractivity contribution in [1.82, 2.24) is 39.1 Å². The summed E-state index contributed by atoms with van der Waals surface area (Å²) in [4.78, 5) is 59.7. The Morgan fingerprint density at radius 2 is 1.53 bits per heavy atom. The second kappa shape index (κ2) is 23.7. The normalized spacial score (nSPS) is 18.8. The minimum absolute atomic E-state index is 0.0789. The second-order valence-corrected chi connectivity index (χ2v) is 23.0. The molecular weight excluding hydrogens is 1130 g/mol. The minimum Gasteiger partial charge on any atom is -0.351 e. The molecule has 3 N–H and O–H groups in total. The zero-order valence-corrected chi connectivity index (χ0v) is 47.0. The predicted octanol–water partition coefficient (Wildman–Crippen LogP) is 11.5. The van der Waals surface area contributed by atoms with Crippen molar-refractivity contribution >= 4 is 90.4 Å². The smallest absolute Gasteiger partial charge is 0.321 e. The number of halogens is 4. The molecule has 2 aliphatic carbocycles. The first-order valence-corrected chi connectivity index (χ1v) is 28.3. The summed E-state index contributed by atoms with van der Waals surface area (Å²) in [5.74, 6) is 2.09. The Morgan fingerprint density at radius 1 is 0.789 bits per heavy atom. The SMILES string of the molecule is Cc1nccn1CC1=Cc2cccnc2[C@@H](N2CCN(C(=O)Nc3ccc(C#N)cc3)CC2)c2ccc(Cl)cc21.NC(=O)N1CCC(CC(=O)N2CCC(C3c4ncc(Br)cc4CCc4cc(Cl)cc(Br)c43)CC2)CC1. The van der Waals surface area contributed by atoms with Crippen LogP contribution in [0.25, 0.3) is 11.6 Å². The van der Waals surface area contributed by atoms with Gasteiger partial charge in [-0.05, 0) is 179 Å². The summed E-state index contributed by atoms with van der Waals surface area (Å²) < 4.78 is 4.19. The van der Waals surface area contributed by atoms with Crippen molar-refractivity contribution in [1.29, 1.82) is 5.26 Å². The highest BCUT2D eigenvalue weighted by atomic mass is 79.9. The second-order valence-electron chi connectivity index (χ2n) is 20.4. The van der Waals surface area contributed by atoms with Crippen LogP contribution >= 0.6 is 55.1 Å². The van der Waals surface area contributed by atoms with Crippen molar-refractivity contribution < 1.29 is 14.4 Å². The van der Waals surface area contributed by atoms with Crippen molar-refractivity contribution in [2.75, 3.05) is 57.7 Å². The van der Waals surface area contributed by atoms with E-state index in [0.29, 0.717) is 80.3 Å². The summed E-state index contributed by atoms with van der Waals surface area (Å²) in [5.41, 5.74) is 17.1. The summed E-state index contributed by atoms with van der Waals surface area (Å²) >= 11 is 20.4. The van der Waals surface area contributed by atoms with Gasteiger partial charge in [-0.3, -0.25) is 19.7 Å². The van der Waals surface area contributed by atoms with Crippen molar-refractivity contribution in [3.8, 4) is 6.07 Å². The number of nitrogens with one attached hydrogen (secondary N) is 1. The molecule has 6 heterocycles. The van der Waals surface area contributed by atoms with Crippen LogP contribution in [-0.4, -0.2) is 109 Å². The number of pyridine rings is 2. The van der Waals surface area contributed by atoms with Crippen molar-refractivity contribution in [3.05, 3.63) is 173 Å². The van der Waals surface area contributed by atoms with E-state index in [9.17, 15) is 14.4 Å². The molecule has 3 aliphatic heterocycles. The molecule has 0 spiro atoms. The monoisotopic (exact) mass is 1190 g/mol. The van der Waals surface area contributed by atoms with Gasteiger partial charge in [0.15, 0.2) is 0 Å². The van der Waals surface area contributed by atoms with Gasteiger partial charge in [0, 0.05) is 121 Å². The lowest BCUT2D eigenvalue weighted by Crippen LogP contribution is -2.51. The number of allylic oxidation sites excluding steroid dienone is 1. The van der Waals surface area contributed by atoms with Gasteiger partial charge in [0.1, 0.15) is 5.82 Å². The lowest BCUT2D eigenvalue weighted by molar-refractivity contribution is -0.134. The van der Waals surface area contributed by atoms with Gasteiger partial charge in [-0.1, -0.05) is 51.3 Å². The Bertz CT molecular complexity index is 3210. The van der Waals surface area contributed by atoms with E-state index in [4.69, 9.17) is 44.2 Å². The molecule has 3 saturated heterocycles. The quantitative estimate of drug-likeness (QED) is 0.159. The van der Waals surface area contributed by atoms with Crippen LogP contribution in [0.2, 0.25) is 10.0 Å². The molecule has 392 valence electrons. The number of primary amides is 1. The van der Waals surface area contributed by atoms with E-state index in [2.05, 4.69) is 94.1 Å². The molecule has 5 amide bonds. The van der Waals surface area contributed by atoms with Gasteiger partial charge in [0.2, 0.25) is 5.91 Å². The number of carbonyl (C=O) groups excluding carboxylic acids is 3. The van der Waals surface area contributed by atoms with Crippen molar-refractivity contribution in [2.24, 2.45) is 17.6 Å². The number of hydrogen-bond donors (Lipinski definition) is 2. The number of fused-ring (bicyclic) bond motifs is 4. The first-order chi connectivity index (χ1) is 36.8. The summed E-state index contributed by atoms with van der Waals surface area (Å²) in [6.07, 6.45) is 15.8. The minimum atomic E-state index is -0.362. The molecule has 5 aliphatic rings. The average molecular weight is 1190 g/mol. The number of nitriles is 1. The van der Waals surface area contributed by atoms with Crippen molar-refractivity contribution in [2.45, 2.75) is 70.4 Å². The first kappa shape index (κ1) is 53.3. The van der Waals surface area contributed by atoms with E-state index in [-0.39, 0.29) is 29.9 Å². The molecule has 3 fully saturated rings. The van der Waals surface area contributed by atoms with E-state index in [1.54, 1.807) is 29.2 Å². The maximum absolute atomic E-state index is 13.1. The number of rotatable bonds is 7. The van der Waals surface area contributed by atoms with Crippen LogP contribution in [0.4, 0.5) is 15.3 Å². The number of aromatic nitrogens is 4. The van der Waals surface area contributed by atoms with E-state index in [1.165, 1.54) is 16.7 Å². The third-order valence-electron chi connectivity index (χ3n) is 15.8. The van der Waals surface area contributed by atoms with Gasteiger partial charge in [-0.15, -0.1) is 0 Å². The number of piperidine rings is 2. The van der Waals surface area contributed by atoms with Gasteiger partial charge < -0.3 is 30.3 Å². The number of aryl methyl sites for hydroxylation is 3. The van der Waals surface area contributed by atoms with Crippen LogP contribution in [0.1, 0.15) is 100 Å². The van der Waals surface area contributed by atoms with Crippen LogP contribution in [0, 0.1) is 30.1 Å². The van der Waals surface area contributed by atoms with E-state index < -0.39 is 0 Å².